The predicted octanol–water partition coefficient (Wildman–Crippen LogP) is -2.66. The number of nitrogens with one attached hydrogen (secondary N) is 1. The summed E-state index contributed by atoms with van der Waals surface area (Å²) >= 11 is 0.962. The lowest BCUT2D eigenvalue weighted by atomic mass is 9.98. The molecule has 0 saturated carbocycles. The molecule has 2 atom stereocenters. The number of carboxylic acids is 2. The molecule has 1 aliphatic heterocycles. The largest absolute Gasteiger partial charge is 0.479 e. The molecule has 0 aliphatic carbocycles. The predicted molar refractivity (Wildman–Crippen MR) is 98.3 cm³/mol. The van der Waals surface area contributed by atoms with E-state index in [9.17, 15) is 24.0 Å². The Bertz CT molecular complexity index is 917. The van der Waals surface area contributed by atoms with Crippen molar-refractivity contribution in [3.63, 3.8) is 0 Å². The molecule has 0 radical (unpaired) electrons. The summed E-state index contributed by atoms with van der Waals surface area (Å²) in [6, 6.07) is -2.42. The standard InChI is InChI=1S/C14H16N6O10S/c15-13-17-5(4-31-13)9(19-29-2-7(21)22)11(25)18-10-6(1-28-14(16)27)20(12(10)26)30-3-8(23)24/h4,6,10H,1-3H2,(H2,15,17)(H2,16,27)(H,18,25)(H,21,22)(H,23,24)/b19-9+. The summed E-state index contributed by atoms with van der Waals surface area (Å²) in [7, 11) is 0. The Morgan fingerprint density at radius 3 is 2.48 bits per heavy atom. The minimum absolute atomic E-state index is 0.0546. The topological polar surface area (TPSA) is 246 Å². The van der Waals surface area contributed by atoms with Crippen molar-refractivity contribution in [2.24, 2.45) is 10.9 Å². The second kappa shape index (κ2) is 10.2. The number of hydrogen-bond donors (Lipinski definition) is 5. The molecule has 0 spiro atoms. The smallest absolute Gasteiger partial charge is 0.404 e. The fourth-order valence-corrected chi connectivity index (χ4v) is 2.80. The number of anilines is 1. The Labute approximate surface area is 176 Å². The zero-order valence-corrected chi connectivity index (χ0v) is 16.2. The lowest BCUT2D eigenvalue weighted by Gasteiger charge is -2.44. The van der Waals surface area contributed by atoms with Gasteiger partial charge in [-0.1, -0.05) is 5.16 Å². The van der Waals surface area contributed by atoms with Gasteiger partial charge in [-0.3, -0.25) is 14.4 Å². The van der Waals surface area contributed by atoms with Crippen molar-refractivity contribution in [2.75, 3.05) is 25.6 Å². The van der Waals surface area contributed by atoms with Crippen LogP contribution in [0.1, 0.15) is 5.69 Å². The van der Waals surface area contributed by atoms with Gasteiger partial charge in [0.25, 0.3) is 11.8 Å². The van der Waals surface area contributed by atoms with Crippen LogP contribution < -0.4 is 16.8 Å². The maximum atomic E-state index is 12.7. The molecule has 3 amide bonds. The van der Waals surface area contributed by atoms with Gasteiger partial charge in [0.05, 0.1) is 0 Å². The molecule has 1 aliphatic rings. The highest BCUT2D eigenvalue weighted by Gasteiger charge is 2.51. The summed E-state index contributed by atoms with van der Waals surface area (Å²) in [6.07, 6.45) is -1.18. The lowest BCUT2D eigenvalue weighted by Crippen LogP contribution is -2.72. The van der Waals surface area contributed by atoms with Crippen LogP contribution in [-0.2, 0) is 33.6 Å². The number of nitrogen functional groups attached to an aromatic ring is 1. The van der Waals surface area contributed by atoms with E-state index in [-0.39, 0.29) is 10.8 Å². The average Bonchev–Trinajstić information content (AvgIpc) is 3.10. The summed E-state index contributed by atoms with van der Waals surface area (Å²) in [5.74, 6) is -4.58. The molecule has 0 aromatic carbocycles. The Balaban J connectivity index is 2.17. The first-order valence-electron chi connectivity index (χ1n) is 8.14. The number of β-lactam (4-membered cyclic amide) rings is 1. The van der Waals surface area contributed by atoms with Crippen LogP contribution in [0.4, 0.5) is 9.93 Å². The minimum Gasteiger partial charge on any atom is -0.479 e. The molecule has 2 rings (SSSR count). The molecule has 0 bridgehead atoms. The van der Waals surface area contributed by atoms with Crippen LogP contribution in [-0.4, -0.2) is 87.7 Å². The Morgan fingerprint density at radius 2 is 1.94 bits per heavy atom. The van der Waals surface area contributed by atoms with Gasteiger partial charge in [-0.2, -0.15) is 0 Å². The van der Waals surface area contributed by atoms with E-state index in [0.29, 0.717) is 5.06 Å². The SMILES string of the molecule is NC(=O)OCC1C(NC(=O)/C(=N/OCC(=O)O)c2csc(N)n2)C(=O)N1OCC(=O)O. The molecular weight excluding hydrogens is 444 g/mol. The van der Waals surface area contributed by atoms with Crippen LogP contribution in [0.15, 0.2) is 10.5 Å². The molecule has 7 N–H and O–H groups in total. The quantitative estimate of drug-likeness (QED) is 0.129. The van der Waals surface area contributed by atoms with E-state index in [0.717, 1.165) is 11.3 Å². The van der Waals surface area contributed by atoms with Gasteiger partial charge in [-0.15, -0.1) is 11.3 Å². The number of hydrogen-bond acceptors (Lipinski definition) is 12. The number of carboxylic acid groups (broad SMARTS) is 2. The molecule has 17 heteroatoms. The zero-order valence-electron chi connectivity index (χ0n) is 15.4. The van der Waals surface area contributed by atoms with Gasteiger partial charge in [0.1, 0.15) is 24.4 Å². The van der Waals surface area contributed by atoms with Crippen molar-refractivity contribution in [1.29, 1.82) is 0 Å². The first-order valence-corrected chi connectivity index (χ1v) is 9.02. The van der Waals surface area contributed by atoms with Crippen molar-refractivity contribution in [1.82, 2.24) is 15.4 Å². The molecule has 31 heavy (non-hydrogen) atoms. The number of hydroxylamine groups is 2. The summed E-state index contributed by atoms with van der Waals surface area (Å²) in [4.78, 5) is 70.3. The fraction of sp³-hybridized carbons (Fsp3) is 0.357. The molecule has 16 nitrogen and oxygen atoms in total. The Kier molecular flexibility index (Phi) is 7.64. The average molecular weight is 460 g/mol. The molecule has 2 unspecified atom stereocenters. The molecule has 1 aromatic rings. The van der Waals surface area contributed by atoms with Crippen molar-refractivity contribution < 1.29 is 48.6 Å². The third-order valence-corrected chi connectivity index (χ3v) is 4.18. The second-order valence-electron chi connectivity index (χ2n) is 5.66. The number of ether oxygens (including phenoxy) is 1. The number of thiazole rings is 1. The van der Waals surface area contributed by atoms with Gasteiger partial charge < -0.3 is 36.6 Å². The highest BCUT2D eigenvalue weighted by atomic mass is 32.1. The normalized spacial score (nSPS) is 18.1. The number of aliphatic carboxylic acids is 2. The van der Waals surface area contributed by atoms with E-state index in [1.54, 1.807) is 0 Å². The number of primary amides is 1. The molecule has 1 aromatic heterocycles. The number of rotatable bonds is 11. The number of nitrogens with two attached hydrogens (primary N) is 2. The van der Waals surface area contributed by atoms with Gasteiger partial charge in [0, 0.05) is 5.38 Å². The maximum absolute atomic E-state index is 12.7. The number of carbonyl (C=O) groups is 5. The first-order chi connectivity index (χ1) is 14.6. The lowest BCUT2D eigenvalue weighted by molar-refractivity contribution is -0.240. The molecular formula is C14H16N6O10S. The van der Waals surface area contributed by atoms with E-state index in [1.165, 1.54) is 5.38 Å². The van der Waals surface area contributed by atoms with E-state index in [2.05, 4.69) is 25.0 Å². The maximum Gasteiger partial charge on any atom is 0.404 e. The van der Waals surface area contributed by atoms with Crippen LogP contribution in [0.25, 0.3) is 0 Å². The van der Waals surface area contributed by atoms with Gasteiger partial charge in [-0.25, -0.2) is 24.4 Å². The van der Waals surface area contributed by atoms with E-state index in [1.807, 2.05) is 0 Å². The highest BCUT2D eigenvalue weighted by molar-refractivity contribution is 7.13. The molecule has 1 fully saturated rings. The third-order valence-electron chi connectivity index (χ3n) is 3.50. The Morgan fingerprint density at radius 1 is 1.26 bits per heavy atom. The van der Waals surface area contributed by atoms with Gasteiger partial charge in [0.2, 0.25) is 6.61 Å². The van der Waals surface area contributed by atoms with E-state index in [4.69, 9.17) is 26.5 Å². The van der Waals surface area contributed by atoms with Crippen molar-refractivity contribution in [2.45, 2.75) is 12.1 Å². The van der Waals surface area contributed by atoms with Gasteiger partial charge in [0.15, 0.2) is 17.5 Å². The van der Waals surface area contributed by atoms with Crippen molar-refractivity contribution >= 4 is 52.0 Å². The monoisotopic (exact) mass is 460 g/mol. The fourth-order valence-electron chi connectivity index (χ4n) is 2.25. The second-order valence-corrected chi connectivity index (χ2v) is 6.55. The van der Waals surface area contributed by atoms with Crippen molar-refractivity contribution in [3.05, 3.63) is 11.1 Å². The Hall–Kier alpha value is -3.99. The van der Waals surface area contributed by atoms with E-state index >= 15 is 0 Å². The van der Waals surface area contributed by atoms with Gasteiger partial charge in [-0.05, 0) is 0 Å². The van der Waals surface area contributed by atoms with Crippen LogP contribution >= 0.6 is 11.3 Å². The number of nitrogens with zero attached hydrogens (tertiary/aromatic N) is 3. The molecule has 2 heterocycles. The number of carbonyl (C=O) groups excluding carboxylic acids is 3. The first kappa shape index (κ1) is 23.3. The van der Waals surface area contributed by atoms with E-state index < -0.39 is 67.5 Å². The van der Waals surface area contributed by atoms with Crippen LogP contribution in [0, 0.1) is 0 Å². The number of oxime groups is 1. The van der Waals surface area contributed by atoms with Crippen LogP contribution in [0.5, 0.6) is 0 Å². The highest BCUT2D eigenvalue weighted by Crippen LogP contribution is 2.22. The summed E-state index contributed by atoms with van der Waals surface area (Å²) < 4.78 is 4.60. The summed E-state index contributed by atoms with van der Waals surface area (Å²) in [6.45, 7) is -2.24. The summed E-state index contributed by atoms with van der Waals surface area (Å²) in [5.41, 5.74) is 9.87. The third kappa shape index (κ3) is 6.24. The number of amides is 3. The number of aromatic nitrogens is 1. The molecule has 168 valence electrons. The summed E-state index contributed by atoms with van der Waals surface area (Å²) in [5, 5.41) is 25.1. The van der Waals surface area contributed by atoms with Crippen LogP contribution in [0.3, 0.4) is 0 Å². The van der Waals surface area contributed by atoms with Gasteiger partial charge >= 0.3 is 18.0 Å². The zero-order chi connectivity index (χ0) is 23.1. The molecule has 1 saturated heterocycles. The minimum atomic E-state index is -1.37. The van der Waals surface area contributed by atoms with Crippen molar-refractivity contribution in [3.8, 4) is 0 Å². The van der Waals surface area contributed by atoms with Crippen LogP contribution in [0.2, 0.25) is 0 Å².